The molecule has 27 heavy (non-hydrogen) atoms. The van der Waals surface area contributed by atoms with Gasteiger partial charge in [-0.05, 0) is 27.7 Å². The van der Waals surface area contributed by atoms with Gasteiger partial charge in [-0.3, -0.25) is 19.5 Å². The highest BCUT2D eigenvalue weighted by atomic mass is 19.3. The quantitative estimate of drug-likeness (QED) is 0.666. The maximum atomic E-state index is 13.9. The van der Waals surface area contributed by atoms with E-state index in [9.17, 15) is 18.4 Å². The summed E-state index contributed by atoms with van der Waals surface area (Å²) < 4.78 is 38.1. The van der Waals surface area contributed by atoms with Crippen LogP contribution in [0.2, 0.25) is 0 Å². The maximum absolute atomic E-state index is 13.9. The molecule has 9 heteroatoms. The number of alkyl halides is 2. The molecular formula is C18H31F2N3O4. The Hall–Kier alpha value is -1.48. The summed E-state index contributed by atoms with van der Waals surface area (Å²) in [5, 5.41) is 0. The first-order valence-electron chi connectivity index (χ1n) is 9.47. The Morgan fingerprint density at radius 3 is 2.26 bits per heavy atom. The molecule has 1 amide bonds. The fourth-order valence-electron chi connectivity index (χ4n) is 3.41. The Morgan fingerprint density at radius 1 is 1.11 bits per heavy atom. The fourth-order valence-corrected chi connectivity index (χ4v) is 3.41. The van der Waals surface area contributed by atoms with E-state index in [0.29, 0.717) is 39.3 Å². The number of hydrogen-bond acceptors (Lipinski definition) is 6. The summed E-state index contributed by atoms with van der Waals surface area (Å²) in [5.74, 6) is -3.15. The smallest absolute Gasteiger partial charge is 0.410 e. The largest absolute Gasteiger partial charge is 0.465 e. The Morgan fingerprint density at radius 2 is 1.70 bits per heavy atom. The zero-order valence-electron chi connectivity index (χ0n) is 16.7. The van der Waals surface area contributed by atoms with Crippen molar-refractivity contribution >= 4 is 12.1 Å². The molecule has 156 valence electrons. The van der Waals surface area contributed by atoms with Gasteiger partial charge in [0.25, 0.3) is 5.92 Å². The van der Waals surface area contributed by atoms with Crippen molar-refractivity contribution in [3.8, 4) is 0 Å². The van der Waals surface area contributed by atoms with Crippen molar-refractivity contribution in [1.29, 1.82) is 0 Å². The second-order valence-corrected chi connectivity index (χ2v) is 8.20. The SMILES string of the molecule is CCOC(=O)CN1CCN(CC2CC(F)(F)CN2C(=O)OC(C)(C)C)CC1. The molecule has 1 atom stereocenters. The molecule has 1 unspecified atom stereocenters. The van der Waals surface area contributed by atoms with E-state index in [-0.39, 0.29) is 18.9 Å². The van der Waals surface area contributed by atoms with Crippen molar-refractivity contribution in [2.45, 2.75) is 51.7 Å². The Kier molecular flexibility index (Phi) is 7.02. The molecule has 0 radical (unpaired) electrons. The van der Waals surface area contributed by atoms with Crippen molar-refractivity contribution in [2.24, 2.45) is 0 Å². The molecule has 2 heterocycles. The Labute approximate surface area is 159 Å². The van der Waals surface area contributed by atoms with Crippen LogP contribution in [0.4, 0.5) is 13.6 Å². The third kappa shape index (κ3) is 6.88. The number of carbonyl (C=O) groups excluding carboxylic acids is 2. The van der Waals surface area contributed by atoms with Crippen LogP contribution in [0.3, 0.4) is 0 Å². The third-order valence-corrected chi connectivity index (χ3v) is 4.60. The van der Waals surface area contributed by atoms with E-state index >= 15 is 0 Å². The van der Waals surface area contributed by atoms with Gasteiger partial charge in [-0.2, -0.15) is 0 Å². The zero-order valence-corrected chi connectivity index (χ0v) is 16.7. The van der Waals surface area contributed by atoms with Gasteiger partial charge in [0.1, 0.15) is 5.60 Å². The number of hydrogen-bond donors (Lipinski definition) is 0. The molecule has 0 spiro atoms. The van der Waals surface area contributed by atoms with E-state index < -0.39 is 30.2 Å². The summed E-state index contributed by atoms with van der Waals surface area (Å²) in [4.78, 5) is 29.1. The lowest BCUT2D eigenvalue weighted by Crippen LogP contribution is -2.52. The summed E-state index contributed by atoms with van der Waals surface area (Å²) >= 11 is 0. The van der Waals surface area contributed by atoms with E-state index in [1.165, 1.54) is 0 Å². The number of amides is 1. The van der Waals surface area contributed by atoms with Gasteiger partial charge in [-0.25, -0.2) is 13.6 Å². The lowest BCUT2D eigenvalue weighted by molar-refractivity contribution is -0.144. The van der Waals surface area contributed by atoms with Crippen molar-refractivity contribution in [3.63, 3.8) is 0 Å². The van der Waals surface area contributed by atoms with E-state index in [4.69, 9.17) is 9.47 Å². The van der Waals surface area contributed by atoms with E-state index in [1.807, 2.05) is 4.90 Å². The lowest BCUT2D eigenvalue weighted by Gasteiger charge is -2.37. The predicted octanol–water partition coefficient (Wildman–Crippen LogP) is 1.81. The molecule has 0 aromatic heterocycles. The van der Waals surface area contributed by atoms with Crippen molar-refractivity contribution in [2.75, 3.05) is 52.4 Å². The minimum atomic E-state index is -2.90. The minimum Gasteiger partial charge on any atom is -0.465 e. The van der Waals surface area contributed by atoms with Gasteiger partial charge in [-0.15, -0.1) is 0 Å². The lowest BCUT2D eigenvalue weighted by atomic mass is 10.1. The predicted molar refractivity (Wildman–Crippen MR) is 95.8 cm³/mol. The van der Waals surface area contributed by atoms with Gasteiger partial charge < -0.3 is 9.47 Å². The minimum absolute atomic E-state index is 0.243. The van der Waals surface area contributed by atoms with Crippen LogP contribution in [0.15, 0.2) is 0 Å². The molecule has 2 fully saturated rings. The first kappa shape index (κ1) is 21.8. The van der Waals surface area contributed by atoms with Gasteiger partial charge in [0.2, 0.25) is 0 Å². The highest BCUT2D eigenvalue weighted by Gasteiger charge is 2.48. The third-order valence-electron chi connectivity index (χ3n) is 4.60. The van der Waals surface area contributed by atoms with Gasteiger partial charge in [0, 0.05) is 39.1 Å². The van der Waals surface area contributed by atoms with Crippen molar-refractivity contribution in [3.05, 3.63) is 0 Å². The van der Waals surface area contributed by atoms with Crippen LogP contribution in [0.1, 0.15) is 34.1 Å². The van der Waals surface area contributed by atoms with Crippen molar-refractivity contribution < 1.29 is 27.8 Å². The number of rotatable bonds is 5. The van der Waals surface area contributed by atoms with Crippen LogP contribution in [0.25, 0.3) is 0 Å². The first-order valence-corrected chi connectivity index (χ1v) is 9.47. The monoisotopic (exact) mass is 391 g/mol. The molecule has 0 aliphatic carbocycles. The van der Waals surface area contributed by atoms with E-state index in [0.717, 1.165) is 4.90 Å². The van der Waals surface area contributed by atoms with Gasteiger partial charge >= 0.3 is 12.1 Å². The number of piperazine rings is 1. The summed E-state index contributed by atoms with van der Waals surface area (Å²) in [6.07, 6.45) is -1.04. The average molecular weight is 391 g/mol. The average Bonchev–Trinajstić information content (AvgIpc) is 2.82. The highest BCUT2D eigenvalue weighted by Crippen LogP contribution is 2.33. The number of carbonyl (C=O) groups is 2. The van der Waals surface area contributed by atoms with Gasteiger partial charge in [-0.1, -0.05) is 0 Å². The molecule has 0 N–H and O–H groups in total. The van der Waals surface area contributed by atoms with Gasteiger partial charge in [0.05, 0.1) is 25.7 Å². The number of halogens is 2. The highest BCUT2D eigenvalue weighted by molar-refractivity contribution is 5.71. The maximum Gasteiger partial charge on any atom is 0.410 e. The van der Waals surface area contributed by atoms with Crippen LogP contribution in [0.5, 0.6) is 0 Å². The molecule has 0 aromatic rings. The summed E-state index contributed by atoms with van der Waals surface area (Å²) in [7, 11) is 0. The first-order chi connectivity index (χ1) is 12.5. The Balaban J connectivity index is 1.87. The summed E-state index contributed by atoms with van der Waals surface area (Å²) in [6.45, 7) is 9.93. The number of nitrogens with zero attached hydrogens (tertiary/aromatic N) is 3. The summed E-state index contributed by atoms with van der Waals surface area (Å²) in [5.41, 5.74) is -0.724. The normalized spacial score (nSPS) is 24.1. The van der Waals surface area contributed by atoms with E-state index in [1.54, 1.807) is 27.7 Å². The molecule has 0 bridgehead atoms. The van der Waals surface area contributed by atoms with Crippen LogP contribution in [0, 0.1) is 0 Å². The fraction of sp³-hybridized carbons (Fsp3) is 0.889. The molecule has 0 aromatic carbocycles. The molecule has 2 aliphatic heterocycles. The second kappa shape index (κ2) is 8.68. The van der Waals surface area contributed by atoms with E-state index in [2.05, 4.69) is 4.90 Å². The molecular weight excluding hydrogens is 360 g/mol. The molecule has 0 saturated carbocycles. The second-order valence-electron chi connectivity index (χ2n) is 8.20. The number of ether oxygens (including phenoxy) is 2. The van der Waals surface area contributed by atoms with Crippen LogP contribution in [-0.4, -0.2) is 96.7 Å². The van der Waals surface area contributed by atoms with Crippen LogP contribution in [-0.2, 0) is 14.3 Å². The topological polar surface area (TPSA) is 62.3 Å². The van der Waals surface area contributed by atoms with Crippen LogP contribution < -0.4 is 0 Å². The molecule has 2 rings (SSSR count). The standard InChI is InChI=1S/C18H31F2N3O4/c1-5-26-15(24)12-22-8-6-21(7-9-22)11-14-10-18(19,20)13-23(14)16(25)27-17(2,3)4/h14H,5-13H2,1-4H3. The summed E-state index contributed by atoms with van der Waals surface area (Å²) in [6, 6.07) is -0.577. The molecule has 2 aliphatic rings. The molecule has 7 nitrogen and oxygen atoms in total. The molecule has 2 saturated heterocycles. The van der Waals surface area contributed by atoms with Gasteiger partial charge in [0.15, 0.2) is 0 Å². The number of esters is 1. The Bertz CT molecular complexity index is 531. The van der Waals surface area contributed by atoms with Crippen molar-refractivity contribution in [1.82, 2.24) is 14.7 Å². The zero-order chi connectivity index (χ0) is 20.2. The number of likely N-dealkylation sites (tertiary alicyclic amines) is 1. The van der Waals surface area contributed by atoms with Crippen LogP contribution >= 0.6 is 0 Å².